The van der Waals surface area contributed by atoms with Crippen molar-refractivity contribution < 1.29 is 14.4 Å². The van der Waals surface area contributed by atoms with Gasteiger partial charge in [0, 0.05) is 6.42 Å². The van der Waals surface area contributed by atoms with Gasteiger partial charge in [-0.15, -0.1) is 0 Å². The molecule has 80 valence electrons. The molecule has 0 saturated carbocycles. The van der Waals surface area contributed by atoms with Crippen molar-refractivity contribution in [2.75, 3.05) is 7.11 Å². The maximum Gasteiger partial charge on any atom is 0.334 e. The highest BCUT2D eigenvalue weighted by Crippen LogP contribution is 2.09. The number of ether oxygens (including phenoxy) is 1. The molecule has 0 radical (unpaired) electrons. The van der Waals surface area contributed by atoms with E-state index in [1.54, 1.807) is 14.0 Å². The lowest BCUT2D eigenvalue weighted by molar-refractivity contribution is -0.143. The van der Waals surface area contributed by atoms with Crippen LogP contribution in [-0.4, -0.2) is 19.3 Å². The molecule has 0 atom stereocenters. The molecule has 1 aromatic rings. The molecule has 0 aliphatic carbocycles. The molecule has 0 heterocycles. The third-order valence-electron chi connectivity index (χ3n) is 1.76. The first kappa shape index (κ1) is 11.2. The van der Waals surface area contributed by atoms with Crippen LogP contribution in [0, 0.1) is 0 Å². The Hall–Kier alpha value is -1.84. The van der Waals surface area contributed by atoms with Gasteiger partial charge in [-0.3, -0.25) is 0 Å². The molecule has 1 rings (SSSR count). The van der Waals surface area contributed by atoms with E-state index in [0.717, 1.165) is 11.3 Å². The number of rotatable bonds is 4. The predicted octanol–water partition coefficient (Wildman–Crippen LogP) is 1.98. The van der Waals surface area contributed by atoms with Crippen molar-refractivity contribution in [3.8, 4) is 5.75 Å². The van der Waals surface area contributed by atoms with Gasteiger partial charge >= 0.3 is 5.97 Å². The largest absolute Gasteiger partial charge is 0.497 e. The number of benzene rings is 1. The van der Waals surface area contributed by atoms with Gasteiger partial charge in [-0.25, -0.2) is 4.79 Å². The minimum Gasteiger partial charge on any atom is -0.497 e. The van der Waals surface area contributed by atoms with E-state index in [-0.39, 0.29) is 5.97 Å². The van der Waals surface area contributed by atoms with Crippen molar-refractivity contribution >= 4 is 12.2 Å². The van der Waals surface area contributed by atoms with Crippen LogP contribution in [0.4, 0.5) is 0 Å². The minimum absolute atomic E-state index is 0.319. The summed E-state index contributed by atoms with van der Waals surface area (Å²) >= 11 is 0. The van der Waals surface area contributed by atoms with E-state index in [4.69, 9.17) is 4.74 Å². The van der Waals surface area contributed by atoms with Gasteiger partial charge in [0.2, 0.25) is 0 Å². The van der Waals surface area contributed by atoms with Gasteiger partial charge in [0.15, 0.2) is 0 Å². The van der Waals surface area contributed by atoms with Gasteiger partial charge in [0.1, 0.15) is 5.75 Å². The van der Waals surface area contributed by atoms with E-state index < -0.39 is 0 Å². The van der Waals surface area contributed by atoms with Gasteiger partial charge < -0.3 is 9.57 Å². The molecular formula is C11H13NO3. The monoisotopic (exact) mass is 207 g/mol. The maximum absolute atomic E-state index is 10.7. The fourth-order valence-corrected chi connectivity index (χ4v) is 0.901. The van der Waals surface area contributed by atoms with E-state index in [1.165, 1.54) is 6.21 Å². The number of hydrogen-bond donors (Lipinski definition) is 0. The highest BCUT2D eigenvalue weighted by Gasteiger charge is 1.95. The third-order valence-corrected chi connectivity index (χ3v) is 1.76. The molecule has 4 nitrogen and oxygen atoms in total. The zero-order valence-electron chi connectivity index (χ0n) is 8.77. The van der Waals surface area contributed by atoms with Gasteiger partial charge in [-0.05, 0) is 29.8 Å². The smallest absolute Gasteiger partial charge is 0.334 e. The topological polar surface area (TPSA) is 47.9 Å². The van der Waals surface area contributed by atoms with Crippen molar-refractivity contribution in [1.29, 1.82) is 0 Å². The zero-order chi connectivity index (χ0) is 11.1. The van der Waals surface area contributed by atoms with Crippen LogP contribution in [0.15, 0.2) is 29.4 Å². The standard InChI is InChI=1S/C11H13NO3/c1-3-11(13)15-12-8-9-4-6-10(14-2)7-5-9/h4-8H,3H2,1-2H3. The molecule has 15 heavy (non-hydrogen) atoms. The van der Waals surface area contributed by atoms with Crippen LogP contribution in [0.1, 0.15) is 18.9 Å². The summed E-state index contributed by atoms with van der Waals surface area (Å²) in [5, 5.41) is 3.55. The second-order valence-corrected chi connectivity index (χ2v) is 2.82. The molecule has 0 amide bonds. The van der Waals surface area contributed by atoms with E-state index in [1.807, 2.05) is 24.3 Å². The van der Waals surface area contributed by atoms with Crippen LogP contribution in [0.2, 0.25) is 0 Å². The van der Waals surface area contributed by atoms with Crippen molar-refractivity contribution in [3.05, 3.63) is 29.8 Å². The molecule has 4 heteroatoms. The van der Waals surface area contributed by atoms with Crippen LogP contribution in [-0.2, 0) is 9.63 Å². The van der Waals surface area contributed by atoms with Crippen LogP contribution in [0.5, 0.6) is 5.75 Å². The van der Waals surface area contributed by atoms with Crippen LogP contribution in [0.3, 0.4) is 0 Å². The molecular weight excluding hydrogens is 194 g/mol. The Labute approximate surface area is 88.5 Å². The SMILES string of the molecule is CCC(=O)ON=Cc1ccc(OC)cc1. The predicted molar refractivity (Wildman–Crippen MR) is 57.0 cm³/mol. The maximum atomic E-state index is 10.7. The van der Waals surface area contributed by atoms with Crippen molar-refractivity contribution in [2.24, 2.45) is 5.16 Å². The number of nitrogens with zero attached hydrogens (tertiary/aromatic N) is 1. The lowest BCUT2D eigenvalue weighted by atomic mass is 10.2. The summed E-state index contributed by atoms with van der Waals surface area (Å²) in [5.74, 6) is 0.428. The van der Waals surface area contributed by atoms with Gasteiger partial charge in [-0.1, -0.05) is 12.1 Å². The van der Waals surface area contributed by atoms with Crippen molar-refractivity contribution in [2.45, 2.75) is 13.3 Å². The van der Waals surface area contributed by atoms with Gasteiger partial charge in [-0.2, -0.15) is 0 Å². The normalized spacial score (nSPS) is 10.3. The van der Waals surface area contributed by atoms with Crippen molar-refractivity contribution in [1.82, 2.24) is 0 Å². The van der Waals surface area contributed by atoms with E-state index >= 15 is 0 Å². The molecule has 0 bridgehead atoms. The lowest BCUT2D eigenvalue weighted by Gasteiger charge is -1.98. The van der Waals surface area contributed by atoms with Gasteiger partial charge in [0.05, 0.1) is 13.3 Å². The average molecular weight is 207 g/mol. The van der Waals surface area contributed by atoms with E-state index in [9.17, 15) is 4.79 Å². The molecule has 0 aliphatic rings. The summed E-state index contributed by atoms with van der Waals surface area (Å²) in [4.78, 5) is 15.3. The fourth-order valence-electron chi connectivity index (χ4n) is 0.901. The molecule has 0 spiro atoms. The summed E-state index contributed by atoms with van der Waals surface area (Å²) in [6.45, 7) is 1.71. The average Bonchev–Trinajstić information content (AvgIpc) is 2.29. The van der Waals surface area contributed by atoms with Crippen LogP contribution < -0.4 is 4.74 Å². The number of hydrogen-bond acceptors (Lipinski definition) is 4. The van der Waals surface area contributed by atoms with E-state index in [0.29, 0.717) is 6.42 Å². The van der Waals surface area contributed by atoms with Crippen LogP contribution in [0.25, 0.3) is 0 Å². The summed E-state index contributed by atoms with van der Waals surface area (Å²) in [5.41, 5.74) is 0.847. The Bertz CT molecular complexity index is 343. The van der Waals surface area contributed by atoms with Crippen molar-refractivity contribution in [3.63, 3.8) is 0 Å². The summed E-state index contributed by atoms with van der Waals surface area (Å²) in [7, 11) is 1.60. The Balaban J connectivity index is 2.53. The zero-order valence-corrected chi connectivity index (χ0v) is 8.77. The molecule has 0 unspecified atom stereocenters. The Morgan fingerprint density at radius 3 is 2.60 bits per heavy atom. The molecule has 0 fully saturated rings. The fraction of sp³-hybridized carbons (Fsp3) is 0.273. The Kier molecular flexibility index (Phi) is 4.34. The number of carbonyl (C=O) groups excluding carboxylic acids is 1. The second-order valence-electron chi connectivity index (χ2n) is 2.82. The molecule has 1 aromatic carbocycles. The van der Waals surface area contributed by atoms with E-state index in [2.05, 4.69) is 9.99 Å². The minimum atomic E-state index is -0.347. The quantitative estimate of drug-likeness (QED) is 0.431. The summed E-state index contributed by atoms with van der Waals surface area (Å²) in [6, 6.07) is 7.26. The first-order valence-electron chi connectivity index (χ1n) is 4.63. The first-order valence-corrected chi connectivity index (χ1v) is 4.63. The summed E-state index contributed by atoms with van der Waals surface area (Å²) < 4.78 is 5.00. The first-order chi connectivity index (χ1) is 7.26. The molecule has 0 aromatic heterocycles. The number of oxime groups is 1. The Morgan fingerprint density at radius 2 is 2.07 bits per heavy atom. The highest BCUT2D eigenvalue weighted by molar-refractivity contribution is 5.80. The number of methoxy groups -OCH3 is 1. The molecule has 0 aliphatic heterocycles. The summed E-state index contributed by atoms with van der Waals surface area (Å²) in [6.07, 6.45) is 1.80. The second kappa shape index (κ2) is 5.80. The third kappa shape index (κ3) is 3.81. The number of carbonyl (C=O) groups is 1. The highest BCUT2D eigenvalue weighted by atomic mass is 16.7. The molecule has 0 saturated heterocycles. The van der Waals surface area contributed by atoms with Gasteiger partial charge in [0.25, 0.3) is 0 Å². The van der Waals surface area contributed by atoms with Crippen LogP contribution >= 0.6 is 0 Å². The Morgan fingerprint density at radius 1 is 1.40 bits per heavy atom. The lowest BCUT2D eigenvalue weighted by Crippen LogP contribution is -1.96. The molecule has 0 N–H and O–H groups in total.